The molecule has 0 unspecified atom stereocenters. The van der Waals surface area contributed by atoms with Crippen molar-refractivity contribution in [2.75, 3.05) is 13.1 Å². The molecule has 0 spiro atoms. The number of nitrogens with zero attached hydrogens (tertiary/aromatic N) is 2. The Labute approximate surface area is 245 Å². The van der Waals surface area contributed by atoms with E-state index >= 15 is 0 Å². The summed E-state index contributed by atoms with van der Waals surface area (Å²) in [6.07, 6.45) is 2.92. The molecule has 6 nitrogen and oxygen atoms in total. The standard InChI is InChI=1S/C35H30N2O4S/c38-34(25-36-24-33(20-21-35(36)39)42(40,41)37-22-4-5-23-37)32-18-16-31(17-19-32)30-14-12-29(13-15-30)28-10-8-27(9-11-28)26-6-2-1-3-7-26/h1-3,6-21,24H,4-5,22-23,25H2. The monoisotopic (exact) mass is 574 g/mol. The molecule has 0 amide bonds. The van der Waals surface area contributed by atoms with Gasteiger partial charge in [0.1, 0.15) is 0 Å². The lowest BCUT2D eigenvalue weighted by Gasteiger charge is -2.16. The number of carbonyl (C=O) groups is 1. The van der Waals surface area contributed by atoms with Crippen LogP contribution >= 0.6 is 0 Å². The van der Waals surface area contributed by atoms with Gasteiger partial charge in [0.25, 0.3) is 5.56 Å². The van der Waals surface area contributed by atoms with E-state index in [9.17, 15) is 18.0 Å². The van der Waals surface area contributed by atoms with Gasteiger partial charge in [-0.3, -0.25) is 9.59 Å². The van der Waals surface area contributed by atoms with Crippen LogP contribution in [0.15, 0.2) is 131 Å². The SMILES string of the molecule is O=C(Cn1cc(S(=O)(=O)N2CCCC2)ccc1=O)c1ccc(-c2ccc(-c3ccc(-c4ccccc4)cc3)cc2)cc1. The van der Waals surface area contributed by atoms with Crippen LogP contribution in [0.1, 0.15) is 23.2 Å². The number of ketones is 1. The molecule has 6 rings (SSSR count). The molecule has 210 valence electrons. The Kier molecular flexibility index (Phi) is 7.69. The number of hydrogen-bond donors (Lipinski definition) is 0. The Morgan fingerprint density at radius 1 is 0.595 bits per heavy atom. The lowest BCUT2D eigenvalue weighted by molar-refractivity contribution is 0.0970. The van der Waals surface area contributed by atoms with Crippen molar-refractivity contribution in [3.8, 4) is 33.4 Å². The number of carbonyl (C=O) groups excluding carboxylic acids is 1. The van der Waals surface area contributed by atoms with E-state index in [1.165, 1.54) is 38.3 Å². The van der Waals surface area contributed by atoms with Crippen molar-refractivity contribution in [3.05, 3.63) is 137 Å². The molecule has 2 heterocycles. The molecular formula is C35H30N2O4S. The van der Waals surface area contributed by atoms with Crippen molar-refractivity contribution >= 4 is 15.8 Å². The lowest BCUT2D eigenvalue weighted by Crippen LogP contribution is -2.30. The summed E-state index contributed by atoms with van der Waals surface area (Å²) in [5, 5.41) is 0. The highest BCUT2D eigenvalue weighted by atomic mass is 32.2. The highest BCUT2D eigenvalue weighted by Gasteiger charge is 2.27. The van der Waals surface area contributed by atoms with Gasteiger partial charge in [-0.05, 0) is 52.3 Å². The zero-order valence-electron chi connectivity index (χ0n) is 23.0. The first-order valence-corrected chi connectivity index (χ1v) is 15.4. The van der Waals surface area contributed by atoms with Crippen molar-refractivity contribution in [2.45, 2.75) is 24.3 Å². The van der Waals surface area contributed by atoms with Crippen LogP contribution in [0.5, 0.6) is 0 Å². The van der Waals surface area contributed by atoms with Crippen molar-refractivity contribution in [1.82, 2.24) is 8.87 Å². The van der Waals surface area contributed by atoms with E-state index < -0.39 is 15.6 Å². The second-order valence-electron chi connectivity index (χ2n) is 10.5. The predicted molar refractivity (Wildman–Crippen MR) is 166 cm³/mol. The van der Waals surface area contributed by atoms with E-state index in [1.54, 1.807) is 12.1 Å². The summed E-state index contributed by atoms with van der Waals surface area (Å²) in [5.41, 5.74) is 6.63. The summed E-state index contributed by atoms with van der Waals surface area (Å²) in [7, 11) is -3.69. The zero-order valence-corrected chi connectivity index (χ0v) is 23.8. The smallest absolute Gasteiger partial charge is 0.251 e. The summed E-state index contributed by atoms with van der Waals surface area (Å²) in [5.74, 6) is -0.270. The van der Waals surface area contributed by atoms with Gasteiger partial charge in [0.05, 0.1) is 11.4 Å². The highest BCUT2D eigenvalue weighted by Crippen LogP contribution is 2.28. The van der Waals surface area contributed by atoms with Crippen LogP contribution in [0.4, 0.5) is 0 Å². The molecule has 1 aliphatic rings. The Hall–Kier alpha value is -4.59. The second kappa shape index (κ2) is 11.7. The van der Waals surface area contributed by atoms with E-state index in [0.717, 1.165) is 35.1 Å². The van der Waals surface area contributed by atoms with Crippen molar-refractivity contribution in [2.24, 2.45) is 0 Å². The first-order valence-electron chi connectivity index (χ1n) is 14.0. The molecule has 1 fully saturated rings. The van der Waals surface area contributed by atoms with Gasteiger partial charge >= 0.3 is 0 Å². The number of Topliss-reactive ketones (excluding diaryl/α,β-unsaturated/α-hetero) is 1. The summed E-state index contributed by atoms with van der Waals surface area (Å²) in [6, 6.07) is 36.9. The van der Waals surface area contributed by atoms with Crippen LogP contribution in [0, 0.1) is 0 Å². The van der Waals surface area contributed by atoms with Gasteiger partial charge < -0.3 is 4.57 Å². The number of hydrogen-bond acceptors (Lipinski definition) is 4. The quantitative estimate of drug-likeness (QED) is 0.198. The lowest BCUT2D eigenvalue weighted by atomic mass is 9.97. The van der Waals surface area contributed by atoms with Gasteiger partial charge in [-0.15, -0.1) is 0 Å². The topological polar surface area (TPSA) is 76.5 Å². The molecule has 1 aromatic heterocycles. The maximum absolute atomic E-state index is 13.0. The third-order valence-electron chi connectivity index (χ3n) is 7.72. The largest absolute Gasteiger partial charge is 0.306 e. The van der Waals surface area contributed by atoms with Crippen LogP contribution in [-0.4, -0.2) is 36.2 Å². The van der Waals surface area contributed by atoms with Crippen LogP contribution in [0.3, 0.4) is 0 Å². The minimum Gasteiger partial charge on any atom is -0.306 e. The molecule has 0 radical (unpaired) electrons. The van der Waals surface area contributed by atoms with E-state index in [4.69, 9.17) is 0 Å². The fourth-order valence-electron chi connectivity index (χ4n) is 5.30. The van der Waals surface area contributed by atoms with Gasteiger partial charge in [-0.1, -0.05) is 103 Å². The minimum absolute atomic E-state index is 0.0303. The first-order chi connectivity index (χ1) is 20.4. The second-order valence-corrected chi connectivity index (χ2v) is 12.4. The fourth-order valence-corrected chi connectivity index (χ4v) is 6.84. The molecule has 0 aliphatic carbocycles. The molecule has 1 saturated heterocycles. The van der Waals surface area contributed by atoms with Crippen LogP contribution in [-0.2, 0) is 16.6 Å². The fraction of sp³-hybridized carbons (Fsp3) is 0.143. The van der Waals surface area contributed by atoms with Crippen LogP contribution in [0.25, 0.3) is 33.4 Å². The molecule has 0 atom stereocenters. The summed E-state index contributed by atoms with van der Waals surface area (Å²) >= 11 is 0. The van der Waals surface area contributed by atoms with Gasteiger partial charge in [-0.2, -0.15) is 4.31 Å². The summed E-state index contributed by atoms with van der Waals surface area (Å²) in [4.78, 5) is 25.5. The molecule has 0 N–H and O–H groups in total. The molecule has 0 saturated carbocycles. The van der Waals surface area contributed by atoms with E-state index in [2.05, 4.69) is 60.7 Å². The average Bonchev–Trinajstić information content (AvgIpc) is 3.59. The Bertz CT molecular complexity index is 1870. The first kappa shape index (κ1) is 27.6. The minimum atomic E-state index is -3.69. The van der Waals surface area contributed by atoms with Gasteiger partial charge in [0.2, 0.25) is 10.0 Å². The van der Waals surface area contributed by atoms with E-state index in [0.29, 0.717) is 18.7 Å². The Balaban J connectivity index is 1.14. The normalized spacial score (nSPS) is 13.7. The number of aromatic nitrogens is 1. The van der Waals surface area contributed by atoms with Crippen molar-refractivity contribution in [1.29, 1.82) is 0 Å². The van der Waals surface area contributed by atoms with Crippen molar-refractivity contribution < 1.29 is 13.2 Å². The van der Waals surface area contributed by atoms with Gasteiger partial charge in [0, 0.05) is 30.9 Å². The predicted octanol–water partition coefficient (Wildman–Crippen LogP) is 6.52. The third-order valence-corrected chi connectivity index (χ3v) is 9.61. The number of rotatable bonds is 8. The molecule has 0 bridgehead atoms. The molecule has 5 aromatic rings. The molecule has 4 aromatic carbocycles. The average molecular weight is 575 g/mol. The number of sulfonamides is 1. The van der Waals surface area contributed by atoms with Crippen LogP contribution in [0.2, 0.25) is 0 Å². The number of benzene rings is 4. The van der Waals surface area contributed by atoms with E-state index in [1.807, 2.05) is 30.3 Å². The molecule has 7 heteroatoms. The maximum atomic E-state index is 13.0. The highest BCUT2D eigenvalue weighted by molar-refractivity contribution is 7.89. The van der Waals surface area contributed by atoms with E-state index in [-0.39, 0.29) is 17.2 Å². The van der Waals surface area contributed by atoms with Crippen molar-refractivity contribution in [3.63, 3.8) is 0 Å². The van der Waals surface area contributed by atoms with Gasteiger partial charge in [0.15, 0.2) is 5.78 Å². The summed E-state index contributed by atoms with van der Waals surface area (Å²) < 4.78 is 28.4. The third kappa shape index (κ3) is 5.75. The molecule has 1 aliphatic heterocycles. The van der Waals surface area contributed by atoms with Gasteiger partial charge in [-0.25, -0.2) is 8.42 Å². The Morgan fingerprint density at radius 2 is 1.05 bits per heavy atom. The maximum Gasteiger partial charge on any atom is 0.251 e. The number of pyridine rings is 1. The van der Waals surface area contributed by atoms with Crippen LogP contribution < -0.4 is 5.56 Å². The Morgan fingerprint density at radius 3 is 1.55 bits per heavy atom. The summed E-state index contributed by atoms with van der Waals surface area (Å²) in [6.45, 7) is 0.702. The zero-order chi connectivity index (χ0) is 29.1. The molecular weight excluding hydrogens is 544 g/mol. The molecule has 42 heavy (non-hydrogen) atoms.